The second kappa shape index (κ2) is 7.72. The molecule has 132 valence electrons. The van der Waals surface area contributed by atoms with Crippen LogP contribution in [0.5, 0.6) is 0 Å². The summed E-state index contributed by atoms with van der Waals surface area (Å²) in [7, 11) is 2.01. The number of likely N-dealkylation sites (N-methyl/N-ethyl adjacent to an activating group) is 1. The lowest BCUT2D eigenvalue weighted by molar-refractivity contribution is 0.0500. The molecule has 0 saturated carbocycles. The maximum absolute atomic E-state index is 13.8. The molecule has 1 N–H and O–H groups in total. The van der Waals surface area contributed by atoms with Crippen LogP contribution in [0.15, 0.2) is 42.6 Å². The fourth-order valence-electron chi connectivity index (χ4n) is 3.14. The van der Waals surface area contributed by atoms with Crippen LogP contribution >= 0.6 is 0 Å². The maximum Gasteiger partial charge on any atom is 0.253 e. The second-order valence-electron chi connectivity index (χ2n) is 6.31. The summed E-state index contributed by atoms with van der Waals surface area (Å²) >= 11 is 0. The molecule has 1 aromatic heterocycles. The first kappa shape index (κ1) is 17.5. The number of hydrogen-bond acceptors (Lipinski definition) is 4. The number of nitrogens with zero attached hydrogens (tertiary/aromatic N) is 3. The van der Waals surface area contributed by atoms with Gasteiger partial charge in [0.25, 0.3) is 5.91 Å². The maximum atomic E-state index is 13.8. The molecule has 0 spiro atoms. The van der Waals surface area contributed by atoms with E-state index >= 15 is 0 Å². The minimum absolute atomic E-state index is 0.0379. The Morgan fingerprint density at radius 3 is 2.72 bits per heavy atom. The monoisotopic (exact) mass is 343 g/mol. The first-order valence-electron chi connectivity index (χ1n) is 8.41. The number of aromatic nitrogens is 1. The molecule has 1 atom stereocenters. The lowest BCUT2D eigenvalue weighted by Crippen LogP contribution is -2.53. The standard InChI is InChI=1S/C19H22FN3O2/c1-22-10-11-23(13-16(22)8-12-24)19(25)15-6-4-14(5-7-15)18-17(20)3-2-9-21-18/h2-7,9,16,24H,8,10-13H2,1H3/t16-/m1/s1. The zero-order valence-electron chi connectivity index (χ0n) is 14.2. The molecule has 0 radical (unpaired) electrons. The number of amides is 1. The number of piperazine rings is 1. The Bertz CT molecular complexity index is 736. The highest BCUT2D eigenvalue weighted by molar-refractivity contribution is 5.94. The number of aliphatic hydroxyl groups is 1. The number of pyridine rings is 1. The van der Waals surface area contributed by atoms with Crippen LogP contribution in [0, 0.1) is 5.82 Å². The molecule has 1 saturated heterocycles. The summed E-state index contributed by atoms with van der Waals surface area (Å²) in [5, 5.41) is 9.17. The highest BCUT2D eigenvalue weighted by Crippen LogP contribution is 2.21. The molecule has 0 aliphatic carbocycles. The van der Waals surface area contributed by atoms with E-state index in [1.165, 1.54) is 6.07 Å². The number of carbonyl (C=O) groups excluding carboxylic acids is 1. The highest BCUT2D eigenvalue weighted by Gasteiger charge is 2.27. The summed E-state index contributed by atoms with van der Waals surface area (Å²) in [6.07, 6.45) is 2.20. The molecule has 3 rings (SSSR count). The lowest BCUT2D eigenvalue weighted by atomic mass is 10.1. The SMILES string of the molecule is CN1CCN(C(=O)c2ccc(-c3ncccc3F)cc2)C[C@H]1CCO. The number of hydrogen-bond donors (Lipinski definition) is 1. The average Bonchev–Trinajstić information content (AvgIpc) is 2.64. The molecule has 1 amide bonds. The van der Waals surface area contributed by atoms with Crippen molar-refractivity contribution in [3.05, 3.63) is 54.0 Å². The smallest absolute Gasteiger partial charge is 0.253 e. The average molecular weight is 343 g/mol. The topological polar surface area (TPSA) is 56.7 Å². The summed E-state index contributed by atoms with van der Waals surface area (Å²) in [5.74, 6) is -0.420. The highest BCUT2D eigenvalue weighted by atomic mass is 19.1. The Morgan fingerprint density at radius 1 is 1.28 bits per heavy atom. The Kier molecular flexibility index (Phi) is 5.40. The van der Waals surface area contributed by atoms with Crippen LogP contribution in [0.3, 0.4) is 0 Å². The van der Waals surface area contributed by atoms with Gasteiger partial charge in [0.1, 0.15) is 11.5 Å². The van der Waals surface area contributed by atoms with Gasteiger partial charge in [-0.3, -0.25) is 14.7 Å². The number of carbonyl (C=O) groups is 1. The van der Waals surface area contributed by atoms with Gasteiger partial charge in [0.15, 0.2) is 0 Å². The van der Waals surface area contributed by atoms with E-state index in [4.69, 9.17) is 0 Å². The number of halogens is 1. The largest absolute Gasteiger partial charge is 0.396 e. The van der Waals surface area contributed by atoms with Crippen molar-refractivity contribution in [1.82, 2.24) is 14.8 Å². The van der Waals surface area contributed by atoms with Crippen molar-refractivity contribution in [3.8, 4) is 11.3 Å². The van der Waals surface area contributed by atoms with Gasteiger partial charge in [0, 0.05) is 49.6 Å². The quantitative estimate of drug-likeness (QED) is 0.923. The van der Waals surface area contributed by atoms with Crippen LogP contribution in [-0.4, -0.2) is 65.1 Å². The van der Waals surface area contributed by atoms with Gasteiger partial charge in [-0.25, -0.2) is 4.39 Å². The molecule has 2 heterocycles. The molecular weight excluding hydrogens is 321 g/mol. The molecule has 6 heteroatoms. The minimum atomic E-state index is -0.382. The molecule has 1 aliphatic heterocycles. The van der Waals surface area contributed by atoms with Crippen molar-refractivity contribution in [2.75, 3.05) is 33.3 Å². The van der Waals surface area contributed by atoms with Crippen molar-refractivity contribution >= 4 is 5.91 Å². The van der Waals surface area contributed by atoms with E-state index in [2.05, 4.69) is 9.88 Å². The lowest BCUT2D eigenvalue weighted by Gasteiger charge is -2.39. The van der Waals surface area contributed by atoms with Gasteiger partial charge >= 0.3 is 0 Å². The summed E-state index contributed by atoms with van der Waals surface area (Å²) in [4.78, 5) is 20.8. The van der Waals surface area contributed by atoms with E-state index < -0.39 is 0 Å². The number of aliphatic hydroxyl groups excluding tert-OH is 1. The Labute approximate surface area is 146 Å². The molecule has 1 aliphatic rings. The molecule has 2 aromatic rings. The summed E-state index contributed by atoms with van der Waals surface area (Å²) in [6, 6.07) is 9.96. The van der Waals surface area contributed by atoms with Crippen LogP contribution in [0.4, 0.5) is 4.39 Å². The predicted molar refractivity (Wildman–Crippen MR) is 93.7 cm³/mol. The van der Waals surface area contributed by atoms with Gasteiger partial charge < -0.3 is 10.0 Å². The molecule has 25 heavy (non-hydrogen) atoms. The molecule has 0 unspecified atom stereocenters. The minimum Gasteiger partial charge on any atom is -0.396 e. The van der Waals surface area contributed by atoms with E-state index in [0.717, 1.165) is 6.54 Å². The Hall–Kier alpha value is -2.31. The van der Waals surface area contributed by atoms with Crippen LogP contribution in [0.1, 0.15) is 16.8 Å². The van der Waals surface area contributed by atoms with Crippen molar-refractivity contribution in [1.29, 1.82) is 0 Å². The third kappa shape index (κ3) is 3.86. The van der Waals surface area contributed by atoms with Crippen molar-refractivity contribution in [2.24, 2.45) is 0 Å². The molecule has 1 aromatic carbocycles. The van der Waals surface area contributed by atoms with Gasteiger partial charge in [0.2, 0.25) is 0 Å². The van der Waals surface area contributed by atoms with E-state index in [-0.39, 0.29) is 30.1 Å². The van der Waals surface area contributed by atoms with Gasteiger partial charge in [-0.1, -0.05) is 12.1 Å². The van der Waals surface area contributed by atoms with Gasteiger partial charge in [0.05, 0.1) is 0 Å². The summed E-state index contributed by atoms with van der Waals surface area (Å²) in [5.41, 5.74) is 1.50. The predicted octanol–water partition coefficient (Wildman–Crippen LogP) is 2.03. The van der Waals surface area contributed by atoms with Crippen LogP contribution in [0.25, 0.3) is 11.3 Å². The first-order chi connectivity index (χ1) is 12.1. The molecule has 0 bridgehead atoms. The van der Waals surface area contributed by atoms with Gasteiger partial charge in [-0.05, 0) is 37.7 Å². The zero-order valence-corrected chi connectivity index (χ0v) is 14.2. The third-order valence-electron chi connectivity index (χ3n) is 4.69. The van der Waals surface area contributed by atoms with Crippen molar-refractivity contribution < 1.29 is 14.3 Å². The first-order valence-corrected chi connectivity index (χ1v) is 8.41. The number of benzene rings is 1. The van der Waals surface area contributed by atoms with Gasteiger partial charge in [-0.15, -0.1) is 0 Å². The van der Waals surface area contributed by atoms with Gasteiger partial charge in [-0.2, -0.15) is 0 Å². The molecule has 5 nitrogen and oxygen atoms in total. The van der Waals surface area contributed by atoms with Crippen LogP contribution in [-0.2, 0) is 0 Å². The van der Waals surface area contributed by atoms with Crippen molar-refractivity contribution in [2.45, 2.75) is 12.5 Å². The van der Waals surface area contributed by atoms with Crippen molar-refractivity contribution in [3.63, 3.8) is 0 Å². The summed E-state index contributed by atoms with van der Waals surface area (Å²) < 4.78 is 13.8. The number of rotatable bonds is 4. The van der Waals surface area contributed by atoms with Crippen LogP contribution < -0.4 is 0 Å². The zero-order chi connectivity index (χ0) is 17.8. The fourth-order valence-corrected chi connectivity index (χ4v) is 3.14. The Balaban J connectivity index is 1.74. The fraction of sp³-hybridized carbons (Fsp3) is 0.368. The third-order valence-corrected chi connectivity index (χ3v) is 4.69. The van der Waals surface area contributed by atoms with E-state index in [1.54, 1.807) is 36.5 Å². The van der Waals surface area contributed by atoms with E-state index in [1.807, 2.05) is 11.9 Å². The molecular formula is C19H22FN3O2. The van der Waals surface area contributed by atoms with Crippen LogP contribution in [0.2, 0.25) is 0 Å². The van der Waals surface area contributed by atoms with E-state index in [9.17, 15) is 14.3 Å². The van der Waals surface area contributed by atoms with E-state index in [0.29, 0.717) is 30.6 Å². The normalized spacial score (nSPS) is 18.4. The molecule has 1 fully saturated rings. The summed E-state index contributed by atoms with van der Waals surface area (Å²) in [6.45, 7) is 2.16. The second-order valence-corrected chi connectivity index (χ2v) is 6.31. The Morgan fingerprint density at radius 2 is 2.04 bits per heavy atom.